The van der Waals surface area contributed by atoms with Crippen LogP contribution in [0.25, 0.3) is 0 Å². The van der Waals surface area contributed by atoms with E-state index in [4.69, 9.17) is 21.1 Å². The summed E-state index contributed by atoms with van der Waals surface area (Å²) >= 11 is 5.94. The van der Waals surface area contributed by atoms with Gasteiger partial charge in [-0.15, -0.1) is 0 Å². The molecule has 5 nitrogen and oxygen atoms in total. The number of nitrogens with zero attached hydrogens (tertiary/aromatic N) is 1. The van der Waals surface area contributed by atoms with Gasteiger partial charge < -0.3 is 9.47 Å². The van der Waals surface area contributed by atoms with E-state index in [1.807, 2.05) is 6.07 Å². The van der Waals surface area contributed by atoms with Crippen molar-refractivity contribution in [1.29, 1.82) is 0 Å². The van der Waals surface area contributed by atoms with Crippen LogP contribution in [0.1, 0.15) is 5.56 Å². The molecular formula is C16H16ClNO4S. The third-order valence-electron chi connectivity index (χ3n) is 3.52. The van der Waals surface area contributed by atoms with Gasteiger partial charge in [-0.2, -0.15) is 4.31 Å². The van der Waals surface area contributed by atoms with Gasteiger partial charge in [-0.1, -0.05) is 23.7 Å². The number of fused-ring (bicyclic) bond motifs is 1. The quantitative estimate of drug-likeness (QED) is 0.848. The standard InChI is InChI=1S/C16H16ClNO4S/c1-18(11-12-3-2-4-13(17)9-12)23(19,20)14-5-6-15-16(10-14)22-8-7-21-15/h2-6,9-10H,7-8,11H2,1H3. The number of halogens is 1. The van der Waals surface area contributed by atoms with Crippen molar-refractivity contribution in [3.63, 3.8) is 0 Å². The van der Waals surface area contributed by atoms with Crippen LogP contribution in [0, 0.1) is 0 Å². The van der Waals surface area contributed by atoms with Crippen LogP contribution in [0.15, 0.2) is 47.4 Å². The van der Waals surface area contributed by atoms with Crippen molar-refractivity contribution in [2.45, 2.75) is 11.4 Å². The van der Waals surface area contributed by atoms with E-state index in [9.17, 15) is 8.42 Å². The monoisotopic (exact) mass is 353 g/mol. The van der Waals surface area contributed by atoms with E-state index < -0.39 is 10.0 Å². The van der Waals surface area contributed by atoms with E-state index in [0.717, 1.165) is 5.56 Å². The highest BCUT2D eigenvalue weighted by molar-refractivity contribution is 7.89. The maximum absolute atomic E-state index is 12.7. The van der Waals surface area contributed by atoms with Crippen molar-refractivity contribution in [3.8, 4) is 11.5 Å². The molecule has 0 N–H and O–H groups in total. The van der Waals surface area contributed by atoms with Crippen molar-refractivity contribution in [2.24, 2.45) is 0 Å². The number of benzene rings is 2. The largest absolute Gasteiger partial charge is 0.486 e. The van der Waals surface area contributed by atoms with E-state index in [-0.39, 0.29) is 11.4 Å². The van der Waals surface area contributed by atoms with Gasteiger partial charge in [0.15, 0.2) is 11.5 Å². The molecule has 0 fully saturated rings. The molecule has 2 aromatic carbocycles. The third kappa shape index (κ3) is 3.44. The maximum Gasteiger partial charge on any atom is 0.243 e. The molecule has 122 valence electrons. The predicted molar refractivity (Wildman–Crippen MR) is 87.5 cm³/mol. The normalized spacial score (nSPS) is 14.0. The molecule has 23 heavy (non-hydrogen) atoms. The Bertz CT molecular complexity index is 823. The summed E-state index contributed by atoms with van der Waals surface area (Å²) in [6.45, 7) is 1.11. The lowest BCUT2D eigenvalue weighted by atomic mass is 10.2. The van der Waals surface area contributed by atoms with E-state index in [0.29, 0.717) is 29.7 Å². The zero-order valence-corrected chi connectivity index (χ0v) is 14.1. The molecule has 0 spiro atoms. The van der Waals surface area contributed by atoms with Gasteiger partial charge in [0.1, 0.15) is 13.2 Å². The second-order valence-corrected chi connectivity index (χ2v) is 7.68. The Hall–Kier alpha value is -1.76. The minimum absolute atomic E-state index is 0.172. The van der Waals surface area contributed by atoms with Gasteiger partial charge in [0.25, 0.3) is 0 Å². The molecule has 0 radical (unpaired) electrons. The first-order chi connectivity index (χ1) is 11.0. The molecule has 0 bridgehead atoms. The van der Waals surface area contributed by atoms with Crippen LogP contribution < -0.4 is 9.47 Å². The van der Waals surface area contributed by atoms with Gasteiger partial charge in [0.2, 0.25) is 10.0 Å². The summed E-state index contributed by atoms with van der Waals surface area (Å²) < 4.78 is 37.5. The summed E-state index contributed by atoms with van der Waals surface area (Å²) in [7, 11) is -2.09. The smallest absolute Gasteiger partial charge is 0.243 e. The molecule has 0 aliphatic carbocycles. The maximum atomic E-state index is 12.7. The van der Waals surface area contributed by atoms with Crippen LogP contribution in [0.5, 0.6) is 11.5 Å². The molecule has 7 heteroatoms. The molecule has 0 unspecified atom stereocenters. The highest BCUT2D eigenvalue weighted by Gasteiger charge is 2.23. The summed E-state index contributed by atoms with van der Waals surface area (Å²) in [6, 6.07) is 11.8. The minimum Gasteiger partial charge on any atom is -0.486 e. The van der Waals surface area contributed by atoms with Crippen molar-refractivity contribution in [2.75, 3.05) is 20.3 Å². The summed E-state index contributed by atoms with van der Waals surface area (Å²) in [4.78, 5) is 0.172. The molecule has 0 aromatic heterocycles. The highest BCUT2D eigenvalue weighted by Crippen LogP contribution is 2.33. The lowest BCUT2D eigenvalue weighted by molar-refractivity contribution is 0.171. The minimum atomic E-state index is -3.63. The summed E-state index contributed by atoms with van der Waals surface area (Å²) in [5.74, 6) is 1.01. The molecule has 0 saturated heterocycles. The first kappa shape index (κ1) is 16.1. The Morgan fingerprint density at radius 3 is 2.57 bits per heavy atom. The van der Waals surface area contributed by atoms with Crippen molar-refractivity contribution < 1.29 is 17.9 Å². The zero-order chi connectivity index (χ0) is 16.4. The fourth-order valence-corrected chi connectivity index (χ4v) is 3.73. The van der Waals surface area contributed by atoms with Crippen LogP contribution in [-0.2, 0) is 16.6 Å². The van der Waals surface area contributed by atoms with Gasteiger partial charge >= 0.3 is 0 Å². The Balaban J connectivity index is 1.85. The topological polar surface area (TPSA) is 55.8 Å². The Kier molecular flexibility index (Phi) is 4.48. The van der Waals surface area contributed by atoms with Crippen molar-refractivity contribution >= 4 is 21.6 Å². The molecule has 0 amide bonds. The predicted octanol–water partition coefficient (Wildman–Crippen LogP) is 2.93. The van der Waals surface area contributed by atoms with Crippen molar-refractivity contribution in [3.05, 3.63) is 53.1 Å². The van der Waals surface area contributed by atoms with Crippen LogP contribution >= 0.6 is 11.6 Å². The fraction of sp³-hybridized carbons (Fsp3) is 0.250. The summed E-state index contributed by atoms with van der Waals surface area (Å²) in [5.41, 5.74) is 0.820. The Labute approximate surface area is 140 Å². The number of ether oxygens (including phenoxy) is 2. The van der Waals surface area contributed by atoms with E-state index in [2.05, 4.69) is 0 Å². The SMILES string of the molecule is CN(Cc1cccc(Cl)c1)S(=O)(=O)c1ccc2c(c1)OCCO2. The molecular weight excluding hydrogens is 338 g/mol. The fourth-order valence-electron chi connectivity index (χ4n) is 2.34. The lowest BCUT2D eigenvalue weighted by Crippen LogP contribution is -2.26. The number of hydrogen-bond acceptors (Lipinski definition) is 4. The van der Waals surface area contributed by atoms with E-state index in [1.165, 1.54) is 23.5 Å². The molecule has 2 aromatic rings. The van der Waals surface area contributed by atoms with Crippen LogP contribution in [0.4, 0.5) is 0 Å². The summed E-state index contributed by atoms with van der Waals surface area (Å²) in [5, 5.41) is 0.577. The van der Waals surface area contributed by atoms with Crippen LogP contribution in [0.2, 0.25) is 5.02 Å². The van der Waals surface area contributed by atoms with Crippen LogP contribution in [-0.4, -0.2) is 33.0 Å². The second-order valence-electron chi connectivity index (χ2n) is 5.20. The molecule has 0 atom stereocenters. The average molecular weight is 354 g/mol. The average Bonchev–Trinajstić information content (AvgIpc) is 2.54. The number of rotatable bonds is 4. The highest BCUT2D eigenvalue weighted by atomic mass is 35.5. The first-order valence-electron chi connectivity index (χ1n) is 7.07. The van der Waals surface area contributed by atoms with Gasteiger partial charge in [0, 0.05) is 24.7 Å². The Morgan fingerprint density at radius 1 is 1.09 bits per heavy atom. The molecule has 1 aliphatic rings. The van der Waals surface area contributed by atoms with E-state index >= 15 is 0 Å². The van der Waals surface area contributed by atoms with Gasteiger partial charge in [-0.3, -0.25) is 0 Å². The summed E-state index contributed by atoms with van der Waals surface area (Å²) in [6.07, 6.45) is 0. The van der Waals surface area contributed by atoms with Gasteiger partial charge in [-0.25, -0.2) is 8.42 Å². The molecule has 1 aliphatic heterocycles. The molecule has 1 heterocycles. The lowest BCUT2D eigenvalue weighted by Gasteiger charge is -2.21. The van der Waals surface area contributed by atoms with Crippen LogP contribution in [0.3, 0.4) is 0 Å². The molecule has 0 saturated carbocycles. The first-order valence-corrected chi connectivity index (χ1v) is 8.89. The third-order valence-corrected chi connectivity index (χ3v) is 5.55. The van der Waals surface area contributed by atoms with E-state index in [1.54, 1.807) is 24.3 Å². The molecule has 3 rings (SSSR count). The second kappa shape index (κ2) is 6.39. The number of sulfonamides is 1. The van der Waals surface area contributed by atoms with Crippen molar-refractivity contribution in [1.82, 2.24) is 4.31 Å². The zero-order valence-electron chi connectivity index (χ0n) is 12.5. The Morgan fingerprint density at radius 2 is 1.83 bits per heavy atom. The van der Waals surface area contributed by atoms with Gasteiger partial charge in [0.05, 0.1) is 4.90 Å². The van der Waals surface area contributed by atoms with Gasteiger partial charge in [-0.05, 0) is 29.8 Å². The number of hydrogen-bond donors (Lipinski definition) is 0.